The second-order valence-electron chi connectivity index (χ2n) is 9.72. The molecule has 5 heteroatoms. The van der Waals surface area contributed by atoms with Crippen LogP contribution in [0.15, 0.2) is 12.1 Å². The highest BCUT2D eigenvalue weighted by Gasteiger charge is 2.65. The lowest BCUT2D eigenvalue weighted by molar-refractivity contribution is -0.174. The van der Waals surface area contributed by atoms with Crippen LogP contribution in [-0.4, -0.2) is 26.6 Å². The zero-order valence-electron chi connectivity index (χ0n) is 16.2. The minimum Gasteiger partial charge on any atom is -0.507 e. The number of hydrogen-bond acceptors (Lipinski definition) is 4. The Bertz CT molecular complexity index is 864. The van der Waals surface area contributed by atoms with Crippen molar-refractivity contribution in [1.82, 2.24) is 0 Å². The first-order valence-corrected chi connectivity index (χ1v) is 11.2. The molecule has 5 rings (SSSR count). The summed E-state index contributed by atoms with van der Waals surface area (Å²) in [6.07, 6.45) is 8.98. The van der Waals surface area contributed by atoms with Gasteiger partial charge in [0.2, 0.25) is 0 Å². The number of fused-ring (bicyclic) bond motifs is 1. The minimum absolute atomic E-state index is 0.0917. The highest BCUT2D eigenvalue weighted by atomic mass is 32.1. The molecule has 4 aliphatic carbocycles. The summed E-state index contributed by atoms with van der Waals surface area (Å²) >= 11 is 5.14. The molecule has 1 aromatic rings. The van der Waals surface area contributed by atoms with Gasteiger partial charge in [-0.25, -0.2) is 0 Å². The molecule has 0 spiro atoms. The molecule has 4 nitrogen and oxygen atoms in total. The number of ketones is 1. The van der Waals surface area contributed by atoms with Crippen LogP contribution in [0, 0.1) is 17.8 Å². The Balaban J connectivity index is 1.66. The molecular formula is C23H29NO3S. The number of phenols is 1. The molecular weight excluding hydrogens is 370 g/mol. The topological polar surface area (TPSA) is 83.6 Å². The van der Waals surface area contributed by atoms with Gasteiger partial charge in [0.15, 0.2) is 0 Å². The van der Waals surface area contributed by atoms with E-state index in [1.807, 2.05) is 6.07 Å². The van der Waals surface area contributed by atoms with Crippen LogP contribution < -0.4 is 5.73 Å². The molecule has 0 saturated heterocycles. The highest BCUT2D eigenvalue weighted by molar-refractivity contribution is 7.80. The molecule has 0 heterocycles. The van der Waals surface area contributed by atoms with Crippen molar-refractivity contribution in [2.75, 3.05) is 0 Å². The zero-order valence-corrected chi connectivity index (χ0v) is 17.1. The van der Waals surface area contributed by atoms with Gasteiger partial charge in [-0.15, -0.1) is 0 Å². The van der Waals surface area contributed by atoms with E-state index in [9.17, 15) is 15.0 Å². The molecule has 4 atom stereocenters. The fraction of sp³-hybridized carbons (Fsp3) is 0.652. The third-order valence-corrected chi connectivity index (χ3v) is 8.77. The molecule has 4 aliphatic rings. The van der Waals surface area contributed by atoms with E-state index >= 15 is 0 Å². The zero-order chi connectivity index (χ0) is 19.7. The molecule has 0 amide bonds. The number of thiocarbonyl (C=S) groups is 1. The summed E-state index contributed by atoms with van der Waals surface area (Å²) in [5, 5.41) is 23.2. The van der Waals surface area contributed by atoms with E-state index in [-0.39, 0.29) is 22.4 Å². The molecule has 0 aliphatic heterocycles. The van der Waals surface area contributed by atoms with Crippen molar-refractivity contribution in [3.8, 4) is 5.75 Å². The van der Waals surface area contributed by atoms with Gasteiger partial charge in [0, 0.05) is 23.8 Å². The summed E-state index contributed by atoms with van der Waals surface area (Å²) in [5.41, 5.74) is 6.51. The van der Waals surface area contributed by atoms with Crippen LogP contribution in [0.3, 0.4) is 0 Å². The first-order chi connectivity index (χ1) is 13.4. The van der Waals surface area contributed by atoms with Crippen LogP contribution in [0.4, 0.5) is 0 Å². The Morgan fingerprint density at radius 1 is 1.25 bits per heavy atom. The van der Waals surface area contributed by atoms with E-state index in [2.05, 4.69) is 0 Å². The average molecular weight is 400 g/mol. The maximum absolute atomic E-state index is 12.6. The summed E-state index contributed by atoms with van der Waals surface area (Å²) in [6.45, 7) is 0. The Hall–Kier alpha value is -1.46. The van der Waals surface area contributed by atoms with Gasteiger partial charge in [-0.2, -0.15) is 0 Å². The average Bonchev–Trinajstić information content (AvgIpc) is 2.59. The van der Waals surface area contributed by atoms with Gasteiger partial charge in [0.05, 0.1) is 11.2 Å². The SMILES string of the molecule is NC(=S)c1ccc2c(c1O)C13CCC(CC4CCC4)[C@H](C2)[C@]1(O)CCC(=O)C3. The predicted molar refractivity (Wildman–Crippen MR) is 111 cm³/mol. The number of aliphatic hydroxyl groups is 1. The number of rotatable bonds is 3. The maximum Gasteiger partial charge on any atom is 0.134 e. The third kappa shape index (κ3) is 2.38. The fourth-order valence-electron chi connectivity index (χ4n) is 6.99. The normalized spacial score (nSPS) is 37.0. The lowest BCUT2D eigenvalue weighted by Crippen LogP contribution is -2.67. The summed E-state index contributed by atoms with van der Waals surface area (Å²) in [7, 11) is 0. The predicted octanol–water partition coefficient (Wildman–Crippen LogP) is 3.52. The van der Waals surface area contributed by atoms with Gasteiger partial charge < -0.3 is 15.9 Å². The van der Waals surface area contributed by atoms with Gasteiger partial charge in [-0.3, -0.25) is 4.79 Å². The molecule has 0 aromatic heterocycles. The molecule has 150 valence electrons. The largest absolute Gasteiger partial charge is 0.507 e. The number of aromatic hydroxyl groups is 1. The summed E-state index contributed by atoms with van der Waals surface area (Å²) < 4.78 is 0. The van der Waals surface area contributed by atoms with Crippen molar-refractivity contribution in [1.29, 1.82) is 0 Å². The van der Waals surface area contributed by atoms with Crippen LogP contribution >= 0.6 is 12.2 Å². The van der Waals surface area contributed by atoms with Gasteiger partial charge >= 0.3 is 0 Å². The number of nitrogens with two attached hydrogens (primary N) is 1. The Morgan fingerprint density at radius 3 is 2.71 bits per heavy atom. The summed E-state index contributed by atoms with van der Waals surface area (Å²) in [4.78, 5) is 12.7. The van der Waals surface area contributed by atoms with Crippen LogP contribution in [0.25, 0.3) is 0 Å². The van der Waals surface area contributed by atoms with Gasteiger partial charge in [-0.05, 0) is 61.5 Å². The Kier molecular flexibility index (Phi) is 4.15. The Labute approximate surface area is 171 Å². The van der Waals surface area contributed by atoms with Crippen molar-refractivity contribution in [3.63, 3.8) is 0 Å². The van der Waals surface area contributed by atoms with Crippen LogP contribution in [0.2, 0.25) is 0 Å². The standard InChI is InChI=1S/C23H29NO3S/c24-21(28)17-5-4-15-11-18-14(10-13-2-1-3-13)6-8-22(19(15)20(17)26)12-16(25)7-9-23(18,22)27/h4-5,13-14,18,26-27H,1-3,6-12H2,(H2,24,28)/t14?,18-,22?,23+/m0/s1. The molecule has 1 aromatic carbocycles. The summed E-state index contributed by atoms with van der Waals surface area (Å²) in [5.74, 6) is 1.75. The van der Waals surface area contributed by atoms with E-state index in [1.54, 1.807) is 6.07 Å². The van der Waals surface area contributed by atoms with Crippen molar-refractivity contribution < 1.29 is 15.0 Å². The Morgan fingerprint density at radius 2 is 2.04 bits per heavy atom. The van der Waals surface area contributed by atoms with E-state index < -0.39 is 11.0 Å². The van der Waals surface area contributed by atoms with Crippen LogP contribution in [-0.2, 0) is 16.6 Å². The van der Waals surface area contributed by atoms with Crippen molar-refractivity contribution in [2.24, 2.45) is 23.5 Å². The molecule has 3 fully saturated rings. The monoisotopic (exact) mass is 399 g/mol. The lowest BCUT2D eigenvalue weighted by atomic mass is 9.43. The first-order valence-electron chi connectivity index (χ1n) is 10.7. The third-order valence-electron chi connectivity index (χ3n) is 8.55. The number of Topliss-reactive ketones (excluding diaryl/α,β-unsaturated/α-hetero) is 1. The smallest absolute Gasteiger partial charge is 0.134 e. The molecule has 0 radical (unpaired) electrons. The first kappa shape index (κ1) is 18.6. The number of carbonyl (C=O) groups excluding carboxylic acids is 1. The summed E-state index contributed by atoms with van der Waals surface area (Å²) in [6, 6.07) is 3.82. The highest BCUT2D eigenvalue weighted by Crippen LogP contribution is 2.64. The van der Waals surface area contributed by atoms with Gasteiger partial charge in [-0.1, -0.05) is 37.5 Å². The maximum atomic E-state index is 12.6. The van der Waals surface area contributed by atoms with E-state index in [4.69, 9.17) is 18.0 Å². The lowest BCUT2D eigenvalue weighted by Gasteiger charge is -2.63. The molecule has 28 heavy (non-hydrogen) atoms. The molecule has 2 unspecified atom stereocenters. The van der Waals surface area contributed by atoms with E-state index in [0.29, 0.717) is 30.7 Å². The van der Waals surface area contributed by atoms with Crippen molar-refractivity contribution in [3.05, 3.63) is 28.8 Å². The van der Waals surface area contributed by atoms with Crippen molar-refractivity contribution >= 4 is 23.0 Å². The van der Waals surface area contributed by atoms with Crippen LogP contribution in [0.5, 0.6) is 5.75 Å². The quantitative estimate of drug-likeness (QED) is 0.678. The second kappa shape index (κ2) is 6.27. The van der Waals surface area contributed by atoms with E-state index in [0.717, 1.165) is 36.3 Å². The second-order valence-corrected chi connectivity index (χ2v) is 10.2. The molecule has 4 N–H and O–H groups in total. The number of benzene rings is 1. The van der Waals surface area contributed by atoms with Crippen LogP contribution in [0.1, 0.15) is 74.5 Å². The number of hydrogen-bond donors (Lipinski definition) is 3. The van der Waals surface area contributed by atoms with E-state index in [1.165, 1.54) is 25.7 Å². The van der Waals surface area contributed by atoms with Crippen molar-refractivity contribution in [2.45, 2.75) is 75.2 Å². The molecule has 2 bridgehead atoms. The van der Waals surface area contributed by atoms with Gasteiger partial charge in [0.1, 0.15) is 16.5 Å². The minimum atomic E-state index is -0.924. The van der Waals surface area contributed by atoms with Gasteiger partial charge in [0.25, 0.3) is 0 Å². The molecule has 3 saturated carbocycles. The number of carbonyl (C=O) groups is 1. The number of phenolic OH excluding ortho intramolecular Hbond substituents is 1. The fourth-order valence-corrected chi connectivity index (χ4v) is 7.16.